The van der Waals surface area contributed by atoms with Crippen LogP contribution in [0.5, 0.6) is 0 Å². The first kappa shape index (κ1) is 21.3. The Labute approximate surface area is 182 Å². The molecule has 2 aromatic heterocycles. The minimum absolute atomic E-state index is 0.0245. The monoisotopic (exact) mass is 441 g/mol. The van der Waals surface area contributed by atoms with Crippen molar-refractivity contribution in [1.82, 2.24) is 24.0 Å². The van der Waals surface area contributed by atoms with E-state index < -0.39 is 10.0 Å². The zero-order valence-corrected chi connectivity index (χ0v) is 18.5. The molecule has 9 heteroatoms. The van der Waals surface area contributed by atoms with Gasteiger partial charge in [0.25, 0.3) is 0 Å². The van der Waals surface area contributed by atoms with Crippen LogP contribution in [0.2, 0.25) is 0 Å². The van der Waals surface area contributed by atoms with E-state index in [-0.39, 0.29) is 11.8 Å². The molecule has 8 nitrogen and oxygen atoms in total. The van der Waals surface area contributed by atoms with Crippen molar-refractivity contribution in [2.24, 2.45) is 20.0 Å². The number of sulfonamides is 1. The van der Waals surface area contributed by atoms with Crippen LogP contribution >= 0.6 is 0 Å². The summed E-state index contributed by atoms with van der Waals surface area (Å²) < 4.78 is 30.4. The van der Waals surface area contributed by atoms with Gasteiger partial charge in [-0.1, -0.05) is 18.2 Å². The second-order valence-corrected chi connectivity index (χ2v) is 9.95. The summed E-state index contributed by atoms with van der Waals surface area (Å²) in [6, 6.07) is 9.62. The standard InChI is InChI=1S/C22H27N5O3S/c1-25-9-8-21(16-25)31(29,30)27-10-6-18(7-11-27)22(28)23-13-17-4-3-5-19(12-17)20-14-24-26(2)15-20/h3-5,8-9,12,14-16,18H,6-7,10-11,13H2,1-2H3,(H,23,28). The zero-order chi connectivity index (χ0) is 22.0. The van der Waals surface area contributed by atoms with Crippen molar-refractivity contribution in [3.8, 4) is 11.1 Å². The molecule has 0 spiro atoms. The summed E-state index contributed by atoms with van der Waals surface area (Å²) in [6.45, 7) is 1.15. The van der Waals surface area contributed by atoms with Gasteiger partial charge in [0.05, 0.1) is 11.1 Å². The normalized spacial score (nSPS) is 15.8. The van der Waals surface area contributed by atoms with Crippen molar-refractivity contribution >= 4 is 15.9 Å². The van der Waals surface area contributed by atoms with E-state index in [9.17, 15) is 13.2 Å². The third-order valence-electron chi connectivity index (χ3n) is 5.70. The molecule has 0 unspecified atom stereocenters. The summed E-state index contributed by atoms with van der Waals surface area (Å²) in [6.07, 6.45) is 8.13. The van der Waals surface area contributed by atoms with E-state index in [2.05, 4.69) is 10.4 Å². The number of benzene rings is 1. The fourth-order valence-corrected chi connectivity index (χ4v) is 5.42. The van der Waals surface area contributed by atoms with Crippen molar-refractivity contribution in [3.05, 3.63) is 60.7 Å². The van der Waals surface area contributed by atoms with Gasteiger partial charge in [-0.25, -0.2) is 8.42 Å². The average molecular weight is 442 g/mol. The molecule has 0 atom stereocenters. The minimum Gasteiger partial charge on any atom is -0.356 e. The molecule has 1 amide bonds. The molecule has 1 aliphatic heterocycles. The van der Waals surface area contributed by atoms with Gasteiger partial charge in [-0.15, -0.1) is 0 Å². The number of nitrogens with one attached hydrogen (secondary N) is 1. The maximum absolute atomic E-state index is 12.7. The van der Waals surface area contributed by atoms with Crippen LogP contribution in [0, 0.1) is 5.92 Å². The molecule has 31 heavy (non-hydrogen) atoms. The van der Waals surface area contributed by atoms with Crippen molar-refractivity contribution < 1.29 is 13.2 Å². The van der Waals surface area contributed by atoms with E-state index in [1.807, 2.05) is 43.7 Å². The Hall–Kier alpha value is -2.91. The van der Waals surface area contributed by atoms with Gasteiger partial charge >= 0.3 is 0 Å². The molecule has 1 aromatic carbocycles. The lowest BCUT2D eigenvalue weighted by atomic mass is 9.97. The summed E-state index contributed by atoms with van der Waals surface area (Å²) in [5.74, 6) is -0.202. The van der Waals surface area contributed by atoms with Gasteiger partial charge in [0.1, 0.15) is 0 Å². The Morgan fingerprint density at radius 2 is 1.90 bits per heavy atom. The van der Waals surface area contributed by atoms with Gasteiger partial charge in [0.15, 0.2) is 0 Å². The Kier molecular flexibility index (Phi) is 5.97. The highest BCUT2D eigenvalue weighted by Crippen LogP contribution is 2.24. The molecule has 1 aliphatic rings. The predicted octanol–water partition coefficient (Wildman–Crippen LogP) is 2.14. The van der Waals surface area contributed by atoms with Crippen LogP contribution in [-0.2, 0) is 35.5 Å². The second-order valence-electron chi connectivity index (χ2n) is 8.01. The number of carbonyl (C=O) groups excluding carboxylic acids is 1. The number of rotatable bonds is 6. The van der Waals surface area contributed by atoms with Crippen molar-refractivity contribution in [2.45, 2.75) is 24.3 Å². The van der Waals surface area contributed by atoms with Crippen molar-refractivity contribution in [2.75, 3.05) is 13.1 Å². The first-order valence-electron chi connectivity index (χ1n) is 10.3. The minimum atomic E-state index is -3.50. The molecule has 0 aliphatic carbocycles. The number of carbonyl (C=O) groups is 1. The van der Waals surface area contributed by atoms with Gasteiger partial charge < -0.3 is 9.88 Å². The molecular weight excluding hydrogens is 414 g/mol. The number of aryl methyl sites for hydroxylation is 2. The number of piperidine rings is 1. The van der Waals surface area contributed by atoms with Gasteiger partial charge in [0, 0.05) is 63.8 Å². The third-order valence-corrected chi connectivity index (χ3v) is 7.58. The van der Waals surface area contributed by atoms with E-state index in [4.69, 9.17) is 0 Å². The lowest BCUT2D eigenvalue weighted by Crippen LogP contribution is -2.42. The largest absolute Gasteiger partial charge is 0.356 e. The molecule has 164 valence electrons. The SMILES string of the molecule is Cn1ccc(S(=O)(=O)N2CCC(C(=O)NCc3cccc(-c4cnn(C)c4)c3)CC2)c1. The van der Waals surface area contributed by atoms with Crippen LogP contribution < -0.4 is 5.32 Å². The Morgan fingerprint density at radius 1 is 1.13 bits per heavy atom. The molecule has 3 heterocycles. The lowest BCUT2D eigenvalue weighted by molar-refractivity contribution is -0.126. The molecule has 0 radical (unpaired) electrons. The van der Waals surface area contributed by atoms with Crippen LogP contribution in [0.3, 0.4) is 0 Å². The first-order valence-corrected chi connectivity index (χ1v) is 11.7. The van der Waals surface area contributed by atoms with Gasteiger partial charge in [-0.05, 0) is 36.1 Å². The molecular formula is C22H27N5O3S. The van der Waals surface area contributed by atoms with E-state index in [1.165, 1.54) is 4.31 Å². The molecule has 3 aromatic rings. The second kappa shape index (κ2) is 8.68. The quantitative estimate of drug-likeness (QED) is 0.635. The van der Waals surface area contributed by atoms with E-state index in [0.29, 0.717) is 37.4 Å². The summed E-state index contributed by atoms with van der Waals surface area (Å²) in [5.41, 5.74) is 3.10. The van der Waals surface area contributed by atoms with Crippen molar-refractivity contribution in [1.29, 1.82) is 0 Å². The summed E-state index contributed by atoms with van der Waals surface area (Å²) in [7, 11) is 0.172. The molecule has 4 rings (SSSR count). The van der Waals surface area contributed by atoms with Crippen molar-refractivity contribution in [3.63, 3.8) is 0 Å². The first-order chi connectivity index (χ1) is 14.8. The number of hydrogen-bond acceptors (Lipinski definition) is 4. The smallest absolute Gasteiger partial charge is 0.244 e. The summed E-state index contributed by atoms with van der Waals surface area (Å²) >= 11 is 0. The number of hydrogen-bond donors (Lipinski definition) is 1. The Bertz CT molecular complexity index is 1170. The lowest BCUT2D eigenvalue weighted by Gasteiger charge is -2.30. The highest BCUT2D eigenvalue weighted by atomic mass is 32.2. The Balaban J connectivity index is 1.32. The van der Waals surface area contributed by atoms with Gasteiger partial charge in [0.2, 0.25) is 15.9 Å². The molecule has 0 bridgehead atoms. The van der Waals surface area contributed by atoms with Gasteiger partial charge in [-0.3, -0.25) is 9.48 Å². The topological polar surface area (TPSA) is 89.2 Å². The molecule has 1 fully saturated rings. The van der Waals surface area contributed by atoms with Gasteiger partial charge in [-0.2, -0.15) is 9.40 Å². The maximum Gasteiger partial charge on any atom is 0.244 e. The summed E-state index contributed by atoms with van der Waals surface area (Å²) in [5, 5.41) is 7.21. The highest BCUT2D eigenvalue weighted by Gasteiger charge is 2.32. The molecule has 1 N–H and O–H groups in total. The number of nitrogens with zero attached hydrogens (tertiary/aromatic N) is 4. The fraction of sp³-hybridized carbons (Fsp3) is 0.364. The zero-order valence-electron chi connectivity index (χ0n) is 17.7. The number of aromatic nitrogens is 3. The third kappa shape index (κ3) is 4.72. The van der Waals surface area contributed by atoms with E-state index in [1.54, 1.807) is 34.8 Å². The van der Waals surface area contributed by atoms with E-state index in [0.717, 1.165) is 16.7 Å². The predicted molar refractivity (Wildman–Crippen MR) is 117 cm³/mol. The number of amides is 1. The van der Waals surface area contributed by atoms with Crippen LogP contribution in [0.1, 0.15) is 18.4 Å². The molecule has 1 saturated heterocycles. The fourth-order valence-electron chi connectivity index (χ4n) is 3.90. The Morgan fingerprint density at radius 3 is 2.55 bits per heavy atom. The van der Waals surface area contributed by atoms with Crippen LogP contribution in [0.15, 0.2) is 60.0 Å². The van der Waals surface area contributed by atoms with Crippen LogP contribution in [0.25, 0.3) is 11.1 Å². The maximum atomic E-state index is 12.7. The molecule has 0 saturated carbocycles. The average Bonchev–Trinajstić information content (AvgIpc) is 3.41. The summed E-state index contributed by atoms with van der Waals surface area (Å²) in [4.78, 5) is 13.0. The van der Waals surface area contributed by atoms with E-state index >= 15 is 0 Å². The van der Waals surface area contributed by atoms with Crippen LogP contribution in [0.4, 0.5) is 0 Å². The highest BCUT2D eigenvalue weighted by molar-refractivity contribution is 7.89. The van der Waals surface area contributed by atoms with Crippen LogP contribution in [-0.4, -0.2) is 46.1 Å².